The van der Waals surface area contributed by atoms with Crippen LogP contribution >= 0.6 is 11.8 Å². The van der Waals surface area contributed by atoms with E-state index in [1.807, 2.05) is 60.7 Å². The zero-order valence-electron chi connectivity index (χ0n) is 20.6. The molecule has 6 atom stereocenters. The standard InChI is InChI=1S/C28H33N3O4S/c1-27-13-14-28(36-27)22(21(27)24(33)29-2)26(35)31(20(17-32)15-18-9-5-3-6-10-18)23(28)25(34)30-16-19-11-7-4-8-12-19/h3-12,20-23,32H,13-17H2,1-2H3,(H,29,33)(H,30,34)/t20-,21-,22+,23?,27+,28?/m1/s1. The molecule has 2 unspecified atom stereocenters. The van der Waals surface area contributed by atoms with E-state index in [0.717, 1.165) is 17.5 Å². The molecule has 0 radical (unpaired) electrons. The number of carbonyl (C=O) groups excluding carboxylic acids is 3. The number of aliphatic hydroxyl groups is 1. The SMILES string of the molecule is CNC(=O)[C@H]1[C@H]2C(=O)N([C@@H](CO)Cc3ccccc3)C(C(=O)NCc3ccccc3)C23CC[C@]1(C)S3. The number of thioether (sulfide) groups is 1. The lowest BCUT2D eigenvalue weighted by Gasteiger charge is -2.37. The number of nitrogens with zero attached hydrogens (tertiary/aromatic N) is 1. The molecule has 36 heavy (non-hydrogen) atoms. The topological polar surface area (TPSA) is 98.7 Å². The van der Waals surface area contributed by atoms with Crippen LogP contribution in [-0.4, -0.2) is 63.0 Å². The summed E-state index contributed by atoms with van der Waals surface area (Å²) in [6.07, 6.45) is 1.88. The van der Waals surface area contributed by atoms with Crippen molar-refractivity contribution in [3.05, 3.63) is 71.8 Å². The summed E-state index contributed by atoms with van der Waals surface area (Å²) in [6, 6.07) is 18.0. The van der Waals surface area contributed by atoms with Crippen molar-refractivity contribution < 1.29 is 19.5 Å². The molecule has 3 saturated heterocycles. The van der Waals surface area contributed by atoms with Gasteiger partial charge in [0.05, 0.1) is 29.2 Å². The summed E-state index contributed by atoms with van der Waals surface area (Å²) in [6.45, 7) is 2.13. The Labute approximate surface area is 216 Å². The number of fused-ring (bicyclic) bond motifs is 1. The van der Waals surface area contributed by atoms with Crippen LogP contribution in [0.1, 0.15) is 30.9 Å². The second-order valence-corrected chi connectivity index (χ2v) is 12.2. The quantitative estimate of drug-likeness (QED) is 0.509. The minimum absolute atomic E-state index is 0.154. The maximum atomic E-state index is 14.2. The van der Waals surface area contributed by atoms with Gasteiger partial charge >= 0.3 is 0 Å². The number of amides is 3. The third-order valence-electron chi connectivity index (χ3n) is 8.22. The normalized spacial score (nSPS) is 31.2. The van der Waals surface area contributed by atoms with Gasteiger partial charge in [0.15, 0.2) is 0 Å². The van der Waals surface area contributed by atoms with E-state index in [1.165, 1.54) is 0 Å². The molecular formula is C28H33N3O4S. The molecule has 0 aromatic heterocycles. The van der Waals surface area contributed by atoms with E-state index >= 15 is 0 Å². The number of aliphatic hydroxyl groups excluding tert-OH is 1. The molecule has 2 aromatic carbocycles. The summed E-state index contributed by atoms with van der Waals surface area (Å²) in [4.78, 5) is 42.8. The molecule has 2 aromatic rings. The minimum atomic E-state index is -0.763. The van der Waals surface area contributed by atoms with Gasteiger partial charge in [-0.25, -0.2) is 0 Å². The highest BCUT2D eigenvalue weighted by molar-refractivity contribution is 8.02. The molecule has 2 bridgehead atoms. The maximum Gasteiger partial charge on any atom is 0.244 e. The van der Waals surface area contributed by atoms with E-state index in [4.69, 9.17) is 0 Å². The van der Waals surface area contributed by atoms with Crippen molar-refractivity contribution in [1.82, 2.24) is 15.5 Å². The van der Waals surface area contributed by atoms with Gasteiger partial charge in [0.2, 0.25) is 17.7 Å². The molecule has 3 heterocycles. The molecule has 190 valence electrons. The average molecular weight is 508 g/mol. The number of likely N-dealkylation sites (tertiary alicyclic amines) is 1. The van der Waals surface area contributed by atoms with Crippen LogP contribution < -0.4 is 10.6 Å². The van der Waals surface area contributed by atoms with Gasteiger partial charge in [-0.3, -0.25) is 14.4 Å². The van der Waals surface area contributed by atoms with Crippen LogP contribution in [0.4, 0.5) is 0 Å². The van der Waals surface area contributed by atoms with Crippen LogP contribution in [0.3, 0.4) is 0 Å². The fourth-order valence-electron chi connectivity index (χ4n) is 6.63. The molecule has 8 heteroatoms. The Morgan fingerprint density at radius 1 is 1.06 bits per heavy atom. The van der Waals surface area contributed by atoms with Crippen molar-refractivity contribution in [3.63, 3.8) is 0 Å². The Morgan fingerprint density at radius 2 is 1.69 bits per heavy atom. The van der Waals surface area contributed by atoms with Crippen LogP contribution in [0, 0.1) is 11.8 Å². The first-order valence-electron chi connectivity index (χ1n) is 12.5. The van der Waals surface area contributed by atoms with Crippen LogP contribution in [0.2, 0.25) is 0 Å². The van der Waals surface area contributed by atoms with Gasteiger partial charge in [-0.1, -0.05) is 60.7 Å². The highest BCUT2D eigenvalue weighted by atomic mass is 32.2. The molecule has 3 N–H and O–H groups in total. The van der Waals surface area contributed by atoms with Crippen molar-refractivity contribution in [2.24, 2.45) is 11.8 Å². The van der Waals surface area contributed by atoms with Crippen LogP contribution in [-0.2, 0) is 27.3 Å². The predicted octanol–water partition coefficient (Wildman–Crippen LogP) is 2.13. The Bertz CT molecular complexity index is 1150. The van der Waals surface area contributed by atoms with Gasteiger partial charge in [-0.15, -0.1) is 11.8 Å². The van der Waals surface area contributed by atoms with E-state index in [-0.39, 0.29) is 24.3 Å². The molecule has 0 aliphatic carbocycles. The second-order valence-electron chi connectivity index (χ2n) is 10.3. The number of nitrogens with one attached hydrogen (secondary N) is 2. The van der Waals surface area contributed by atoms with Gasteiger partial charge in [-0.2, -0.15) is 0 Å². The lowest BCUT2D eigenvalue weighted by molar-refractivity contribution is -0.143. The van der Waals surface area contributed by atoms with Crippen molar-refractivity contribution in [2.75, 3.05) is 13.7 Å². The minimum Gasteiger partial charge on any atom is -0.394 e. The summed E-state index contributed by atoms with van der Waals surface area (Å²) >= 11 is 1.64. The fourth-order valence-corrected chi connectivity index (χ4v) is 8.97. The second kappa shape index (κ2) is 9.56. The smallest absolute Gasteiger partial charge is 0.244 e. The zero-order valence-corrected chi connectivity index (χ0v) is 21.5. The zero-order chi connectivity index (χ0) is 25.5. The number of rotatable bonds is 8. The van der Waals surface area contributed by atoms with Gasteiger partial charge < -0.3 is 20.6 Å². The van der Waals surface area contributed by atoms with Crippen LogP contribution in [0.5, 0.6) is 0 Å². The van der Waals surface area contributed by atoms with Crippen LogP contribution in [0.25, 0.3) is 0 Å². The van der Waals surface area contributed by atoms with Gasteiger partial charge in [0, 0.05) is 18.3 Å². The first-order valence-corrected chi connectivity index (χ1v) is 13.4. The number of hydrogen-bond acceptors (Lipinski definition) is 5. The van der Waals surface area contributed by atoms with Crippen molar-refractivity contribution in [3.8, 4) is 0 Å². The first-order chi connectivity index (χ1) is 17.3. The fraction of sp³-hybridized carbons (Fsp3) is 0.464. The van der Waals surface area contributed by atoms with E-state index in [2.05, 4.69) is 17.6 Å². The largest absolute Gasteiger partial charge is 0.394 e. The molecule has 3 aliphatic rings. The number of carbonyl (C=O) groups is 3. The monoisotopic (exact) mass is 507 g/mol. The Hall–Kier alpha value is -2.84. The Balaban J connectivity index is 1.52. The van der Waals surface area contributed by atoms with E-state index in [1.54, 1.807) is 23.7 Å². The third-order valence-corrected chi connectivity index (χ3v) is 10.2. The lowest BCUT2D eigenvalue weighted by Crippen LogP contribution is -2.56. The summed E-state index contributed by atoms with van der Waals surface area (Å²) in [5, 5.41) is 16.3. The van der Waals surface area contributed by atoms with Gasteiger partial charge in [-0.05, 0) is 37.3 Å². The number of hydrogen-bond donors (Lipinski definition) is 3. The third kappa shape index (κ3) is 3.91. The van der Waals surface area contributed by atoms with Crippen molar-refractivity contribution in [2.45, 2.75) is 54.3 Å². The molecule has 7 nitrogen and oxygen atoms in total. The highest BCUT2D eigenvalue weighted by Crippen LogP contribution is 2.71. The van der Waals surface area contributed by atoms with E-state index in [0.29, 0.717) is 19.4 Å². The molecule has 3 aliphatic heterocycles. The maximum absolute atomic E-state index is 14.2. The molecule has 1 spiro atoms. The Kier molecular flexibility index (Phi) is 6.59. The summed E-state index contributed by atoms with van der Waals surface area (Å²) < 4.78 is -1.10. The molecule has 5 rings (SSSR count). The van der Waals surface area contributed by atoms with Crippen molar-refractivity contribution >= 4 is 29.5 Å². The van der Waals surface area contributed by atoms with E-state index < -0.39 is 33.4 Å². The average Bonchev–Trinajstić information content (AvgIpc) is 3.47. The highest BCUT2D eigenvalue weighted by Gasteiger charge is 2.77. The van der Waals surface area contributed by atoms with Gasteiger partial charge in [0.1, 0.15) is 6.04 Å². The van der Waals surface area contributed by atoms with Crippen molar-refractivity contribution in [1.29, 1.82) is 0 Å². The summed E-state index contributed by atoms with van der Waals surface area (Å²) in [5.41, 5.74) is 1.95. The molecule has 3 fully saturated rings. The van der Waals surface area contributed by atoms with E-state index in [9.17, 15) is 19.5 Å². The number of benzene rings is 2. The molecular weight excluding hydrogens is 474 g/mol. The predicted molar refractivity (Wildman–Crippen MR) is 139 cm³/mol. The molecule has 0 saturated carbocycles. The molecule has 3 amide bonds. The Morgan fingerprint density at radius 3 is 2.31 bits per heavy atom. The lowest BCUT2D eigenvalue weighted by atomic mass is 9.66. The summed E-state index contributed by atoms with van der Waals surface area (Å²) in [7, 11) is 1.60. The first kappa shape index (κ1) is 24.8. The van der Waals surface area contributed by atoms with Gasteiger partial charge in [0.25, 0.3) is 0 Å². The van der Waals surface area contributed by atoms with Crippen LogP contribution in [0.15, 0.2) is 60.7 Å². The summed E-state index contributed by atoms with van der Waals surface area (Å²) in [5.74, 6) is -1.69.